The highest BCUT2D eigenvalue weighted by Crippen LogP contribution is 2.20. The summed E-state index contributed by atoms with van der Waals surface area (Å²) in [5.74, 6) is -0.297. The number of hydrogen-bond acceptors (Lipinski definition) is 2. The van der Waals surface area contributed by atoms with Crippen molar-refractivity contribution in [3.63, 3.8) is 0 Å². The van der Waals surface area contributed by atoms with Crippen molar-refractivity contribution < 1.29 is 4.79 Å². The average Bonchev–Trinajstić information content (AvgIpc) is 2.18. The molecule has 0 spiro atoms. The number of hydrogen-bond donors (Lipinski definition) is 2. The van der Waals surface area contributed by atoms with E-state index in [0.717, 1.165) is 4.47 Å². The standard InChI is InChI=1S/C9H8BrClN2OS/c10-5-1-2-7(11)6(3-5)9(14)13-4-8(12)15/h1-3H,4H2,(H2,12,15)(H,13,14). The van der Waals surface area contributed by atoms with E-state index in [9.17, 15) is 4.79 Å². The zero-order valence-electron chi connectivity index (χ0n) is 7.59. The van der Waals surface area contributed by atoms with Crippen molar-refractivity contribution in [2.45, 2.75) is 0 Å². The topological polar surface area (TPSA) is 55.1 Å². The van der Waals surface area contributed by atoms with Gasteiger partial charge in [0.05, 0.1) is 22.1 Å². The first-order chi connectivity index (χ1) is 7.00. The molecule has 1 aromatic rings. The molecule has 0 radical (unpaired) electrons. The molecule has 0 saturated carbocycles. The SMILES string of the molecule is NC(=S)CNC(=O)c1cc(Br)ccc1Cl. The molecule has 0 unspecified atom stereocenters. The van der Waals surface area contributed by atoms with Crippen molar-refractivity contribution in [2.75, 3.05) is 6.54 Å². The highest BCUT2D eigenvalue weighted by atomic mass is 79.9. The minimum atomic E-state index is -0.297. The molecule has 3 nitrogen and oxygen atoms in total. The summed E-state index contributed by atoms with van der Waals surface area (Å²) in [6.45, 7) is 0.164. The van der Waals surface area contributed by atoms with Crippen LogP contribution in [0, 0.1) is 0 Å². The monoisotopic (exact) mass is 306 g/mol. The summed E-state index contributed by atoms with van der Waals surface area (Å²) in [4.78, 5) is 11.8. The first-order valence-corrected chi connectivity index (χ1v) is 5.60. The van der Waals surface area contributed by atoms with Gasteiger partial charge in [-0.3, -0.25) is 4.79 Å². The van der Waals surface area contributed by atoms with E-state index < -0.39 is 0 Å². The molecule has 0 heterocycles. The summed E-state index contributed by atoms with van der Waals surface area (Å²) < 4.78 is 0.785. The number of amides is 1. The fourth-order valence-electron chi connectivity index (χ4n) is 0.934. The van der Waals surface area contributed by atoms with Gasteiger partial charge in [-0.1, -0.05) is 39.7 Å². The fraction of sp³-hybridized carbons (Fsp3) is 0.111. The van der Waals surface area contributed by atoms with E-state index in [1.165, 1.54) is 0 Å². The van der Waals surface area contributed by atoms with Crippen LogP contribution < -0.4 is 11.1 Å². The third kappa shape index (κ3) is 3.77. The predicted molar refractivity (Wildman–Crippen MR) is 68.3 cm³/mol. The van der Waals surface area contributed by atoms with Crippen molar-refractivity contribution in [3.05, 3.63) is 33.3 Å². The van der Waals surface area contributed by atoms with Gasteiger partial charge in [0.2, 0.25) is 0 Å². The molecule has 6 heteroatoms. The molecule has 0 fully saturated rings. The largest absolute Gasteiger partial charge is 0.392 e. The number of halogens is 2. The second-order valence-corrected chi connectivity index (χ2v) is 4.62. The van der Waals surface area contributed by atoms with Crippen molar-refractivity contribution in [3.8, 4) is 0 Å². The lowest BCUT2D eigenvalue weighted by Crippen LogP contribution is -2.32. The first-order valence-electron chi connectivity index (χ1n) is 4.02. The van der Waals surface area contributed by atoms with Crippen LogP contribution in [-0.4, -0.2) is 17.4 Å². The first kappa shape index (κ1) is 12.4. The molecule has 80 valence electrons. The minimum Gasteiger partial charge on any atom is -0.392 e. The number of nitrogens with two attached hydrogens (primary N) is 1. The molecular weight excluding hydrogens is 300 g/mol. The van der Waals surface area contributed by atoms with Gasteiger partial charge in [0.25, 0.3) is 5.91 Å². The van der Waals surface area contributed by atoms with Gasteiger partial charge in [-0.2, -0.15) is 0 Å². The van der Waals surface area contributed by atoms with Crippen molar-refractivity contribution in [1.29, 1.82) is 0 Å². The van der Waals surface area contributed by atoms with Crippen molar-refractivity contribution in [2.24, 2.45) is 5.73 Å². The maximum absolute atomic E-state index is 11.6. The highest BCUT2D eigenvalue weighted by molar-refractivity contribution is 9.10. The fourth-order valence-corrected chi connectivity index (χ4v) is 1.57. The molecule has 0 bridgehead atoms. The number of benzene rings is 1. The molecule has 1 rings (SSSR count). The molecule has 0 aliphatic carbocycles. The van der Waals surface area contributed by atoms with Crippen LogP contribution in [0.25, 0.3) is 0 Å². The Morgan fingerprint density at radius 3 is 2.87 bits per heavy atom. The molecule has 1 aromatic carbocycles. The van der Waals surface area contributed by atoms with Crippen LogP contribution in [0.3, 0.4) is 0 Å². The lowest BCUT2D eigenvalue weighted by atomic mass is 10.2. The Morgan fingerprint density at radius 1 is 1.60 bits per heavy atom. The molecule has 0 aliphatic heterocycles. The summed E-state index contributed by atoms with van der Waals surface area (Å²) in [5.41, 5.74) is 5.65. The number of thiocarbonyl (C=S) groups is 1. The van der Waals surface area contributed by atoms with E-state index in [-0.39, 0.29) is 17.4 Å². The Morgan fingerprint density at radius 2 is 2.27 bits per heavy atom. The van der Waals surface area contributed by atoms with Gasteiger partial charge in [-0.25, -0.2) is 0 Å². The number of carbonyl (C=O) groups excluding carboxylic acids is 1. The maximum atomic E-state index is 11.6. The van der Waals surface area contributed by atoms with Gasteiger partial charge >= 0.3 is 0 Å². The zero-order chi connectivity index (χ0) is 11.4. The van der Waals surface area contributed by atoms with E-state index in [2.05, 4.69) is 33.5 Å². The van der Waals surface area contributed by atoms with Crippen LogP contribution in [0.4, 0.5) is 0 Å². The summed E-state index contributed by atoms with van der Waals surface area (Å²) in [7, 11) is 0. The molecule has 15 heavy (non-hydrogen) atoms. The van der Waals surface area contributed by atoms with E-state index in [1.807, 2.05) is 0 Å². The lowest BCUT2D eigenvalue weighted by Gasteiger charge is -2.05. The van der Waals surface area contributed by atoms with Gasteiger partial charge in [0.15, 0.2) is 0 Å². The second kappa shape index (κ2) is 5.44. The van der Waals surface area contributed by atoms with Gasteiger partial charge < -0.3 is 11.1 Å². The van der Waals surface area contributed by atoms with E-state index >= 15 is 0 Å². The summed E-state index contributed by atoms with van der Waals surface area (Å²) >= 11 is 13.8. The second-order valence-electron chi connectivity index (χ2n) is 2.77. The number of carbonyl (C=O) groups is 1. The molecule has 0 atom stereocenters. The van der Waals surface area contributed by atoms with Gasteiger partial charge in [0.1, 0.15) is 0 Å². The Kier molecular flexibility index (Phi) is 4.50. The molecule has 3 N–H and O–H groups in total. The molecule has 0 saturated heterocycles. The van der Waals surface area contributed by atoms with E-state index in [4.69, 9.17) is 17.3 Å². The Bertz CT molecular complexity index is 411. The van der Waals surface area contributed by atoms with Crippen LogP contribution >= 0.6 is 39.7 Å². The third-order valence-corrected chi connectivity index (χ3v) is 2.56. The van der Waals surface area contributed by atoms with Crippen LogP contribution in [0.5, 0.6) is 0 Å². The zero-order valence-corrected chi connectivity index (χ0v) is 10.7. The van der Waals surface area contributed by atoms with Crippen LogP contribution in [0.1, 0.15) is 10.4 Å². The molecular formula is C9H8BrClN2OS. The van der Waals surface area contributed by atoms with Crippen molar-refractivity contribution >= 4 is 50.6 Å². The normalized spacial score (nSPS) is 9.73. The van der Waals surface area contributed by atoms with Crippen LogP contribution in [0.15, 0.2) is 22.7 Å². The molecule has 0 aliphatic rings. The van der Waals surface area contributed by atoms with Crippen molar-refractivity contribution in [1.82, 2.24) is 5.32 Å². The Hall–Kier alpha value is -0.650. The predicted octanol–water partition coefficient (Wildman–Crippen LogP) is 2.12. The molecule has 1 amide bonds. The smallest absolute Gasteiger partial charge is 0.253 e. The van der Waals surface area contributed by atoms with Gasteiger partial charge in [0, 0.05) is 4.47 Å². The minimum absolute atomic E-state index is 0.164. The summed E-state index contributed by atoms with van der Waals surface area (Å²) in [6.07, 6.45) is 0. The van der Waals surface area contributed by atoms with E-state index in [0.29, 0.717) is 10.6 Å². The Balaban J connectivity index is 2.81. The summed E-state index contributed by atoms with van der Waals surface area (Å²) in [6, 6.07) is 5.03. The third-order valence-electron chi connectivity index (χ3n) is 1.60. The maximum Gasteiger partial charge on any atom is 0.253 e. The lowest BCUT2D eigenvalue weighted by molar-refractivity contribution is 0.0959. The van der Waals surface area contributed by atoms with Crippen LogP contribution in [-0.2, 0) is 0 Å². The molecule has 0 aromatic heterocycles. The summed E-state index contributed by atoms with van der Waals surface area (Å²) in [5, 5.41) is 2.94. The number of rotatable bonds is 3. The quantitative estimate of drug-likeness (QED) is 0.841. The van der Waals surface area contributed by atoms with Gasteiger partial charge in [-0.15, -0.1) is 0 Å². The van der Waals surface area contributed by atoms with E-state index in [1.54, 1.807) is 18.2 Å². The Labute approximate surface area is 106 Å². The average molecular weight is 308 g/mol. The number of nitrogens with one attached hydrogen (secondary N) is 1. The highest BCUT2D eigenvalue weighted by Gasteiger charge is 2.10. The van der Waals surface area contributed by atoms with Gasteiger partial charge in [-0.05, 0) is 18.2 Å². The van der Waals surface area contributed by atoms with Crippen LogP contribution in [0.2, 0.25) is 5.02 Å².